The highest BCUT2D eigenvalue weighted by atomic mass is 16.5. The van der Waals surface area contributed by atoms with Crippen LogP contribution < -0.4 is 5.32 Å². The molecular weight excluding hydrogens is 434 g/mol. The number of carbonyl (C=O) groups is 1. The van der Waals surface area contributed by atoms with Crippen molar-refractivity contribution in [2.45, 2.75) is 142 Å². The van der Waals surface area contributed by atoms with E-state index in [1.165, 1.54) is 109 Å². The molecule has 0 aliphatic rings. The predicted molar refractivity (Wildman–Crippen MR) is 149 cm³/mol. The van der Waals surface area contributed by atoms with Gasteiger partial charge < -0.3 is 15.2 Å². The summed E-state index contributed by atoms with van der Waals surface area (Å²) < 4.78 is 5.24. The van der Waals surface area contributed by atoms with Crippen LogP contribution in [0.25, 0.3) is 0 Å². The van der Waals surface area contributed by atoms with Crippen molar-refractivity contribution in [3.8, 4) is 5.75 Å². The second-order valence-electron chi connectivity index (χ2n) is 10.1. The van der Waals surface area contributed by atoms with Gasteiger partial charge in [0.15, 0.2) is 0 Å². The Hall–Kier alpha value is -1.55. The van der Waals surface area contributed by atoms with Crippen LogP contribution in [-0.4, -0.2) is 30.3 Å². The van der Waals surface area contributed by atoms with Crippen molar-refractivity contribution in [2.24, 2.45) is 0 Å². The minimum absolute atomic E-state index is 0.192. The fourth-order valence-corrected chi connectivity index (χ4v) is 4.65. The lowest BCUT2D eigenvalue weighted by Gasteiger charge is -2.17. The summed E-state index contributed by atoms with van der Waals surface area (Å²) in [5.41, 5.74) is 1.02. The highest BCUT2D eigenvalue weighted by Gasteiger charge is 2.19. The number of aromatic hydroxyl groups is 1. The number of benzene rings is 1. The molecule has 0 bridgehead atoms. The minimum Gasteiger partial charge on any atom is -0.508 e. The molecule has 2 N–H and O–H groups in total. The first-order valence-electron chi connectivity index (χ1n) is 14.8. The summed E-state index contributed by atoms with van der Waals surface area (Å²) >= 11 is 0. The molecule has 0 fully saturated rings. The van der Waals surface area contributed by atoms with Crippen molar-refractivity contribution in [2.75, 3.05) is 13.2 Å². The van der Waals surface area contributed by atoms with E-state index in [4.69, 9.17) is 4.74 Å². The van der Waals surface area contributed by atoms with Crippen molar-refractivity contribution < 1.29 is 14.6 Å². The summed E-state index contributed by atoms with van der Waals surface area (Å²) in [7, 11) is 0. The van der Waals surface area contributed by atoms with Gasteiger partial charge in [0.1, 0.15) is 11.8 Å². The lowest BCUT2D eigenvalue weighted by Crippen LogP contribution is -2.40. The quantitative estimate of drug-likeness (QED) is 0.113. The Balaban J connectivity index is 1.94. The maximum Gasteiger partial charge on any atom is 0.323 e. The van der Waals surface area contributed by atoms with Crippen LogP contribution in [0.3, 0.4) is 0 Å². The van der Waals surface area contributed by atoms with Gasteiger partial charge in [-0.15, -0.1) is 0 Å². The summed E-state index contributed by atoms with van der Waals surface area (Å²) in [5.74, 6) is 0.0520. The molecular formula is C31H55NO3. The van der Waals surface area contributed by atoms with Crippen molar-refractivity contribution in [1.82, 2.24) is 5.32 Å². The van der Waals surface area contributed by atoms with Gasteiger partial charge in [-0.1, -0.05) is 128 Å². The molecule has 4 heteroatoms. The Morgan fingerprint density at radius 3 is 1.57 bits per heavy atom. The Labute approximate surface area is 216 Å². The van der Waals surface area contributed by atoms with Crippen LogP contribution in [0.1, 0.15) is 135 Å². The van der Waals surface area contributed by atoms with Gasteiger partial charge in [-0.05, 0) is 44.0 Å². The molecule has 1 atom stereocenters. The third kappa shape index (κ3) is 18.4. The molecule has 0 spiro atoms. The van der Waals surface area contributed by atoms with Gasteiger partial charge in [0, 0.05) is 0 Å². The highest BCUT2D eigenvalue weighted by molar-refractivity contribution is 5.76. The van der Waals surface area contributed by atoms with Gasteiger partial charge in [0.2, 0.25) is 0 Å². The predicted octanol–water partition coefficient (Wildman–Crippen LogP) is 8.50. The summed E-state index contributed by atoms with van der Waals surface area (Å²) in [5, 5.41) is 12.8. The monoisotopic (exact) mass is 489 g/mol. The molecule has 1 aromatic rings. The Morgan fingerprint density at radius 2 is 1.14 bits per heavy atom. The third-order valence-corrected chi connectivity index (χ3v) is 6.87. The number of esters is 1. The number of carbonyl (C=O) groups excluding carboxylic acids is 1. The normalized spacial score (nSPS) is 12.1. The number of hydrogen-bond donors (Lipinski definition) is 2. The van der Waals surface area contributed by atoms with Crippen molar-refractivity contribution in [3.63, 3.8) is 0 Å². The smallest absolute Gasteiger partial charge is 0.323 e. The van der Waals surface area contributed by atoms with Gasteiger partial charge in [0.25, 0.3) is 0 Å². The second-order valence-corrected chi connectivity index (χ2v) is 10.1. The number of hydrogen-bond acceptors (Lipinski definition) is 4. The molecule has 0 saturated heterocycles. The van der Waals surface area contributed by atoms with Crippen LogP contribution in [0.5, 0.6) is 5.75 Å². The van der Waals surface area contributed by atoms with E-state index in [1.807, 2.05) is 19.1 Å². The average molecular weight is 490 g/mol. The summed E-state index contributed by atoms with van der Waals surface area (Å²) in [4.78, 5) is 12.3. The number of phenolic OH excluding ortho intramolecular Hbond substituents is 1. The molecule has 1 rings (SSSR count). The van der Waals surface area contributed by atoms with E-state index < -0.39 is 0 Å². The average Bonchev–Trinajstić information content (AvgIpc) is 2.86. The molecule has 0 heterocycles. The molecule has 0 amide bonds. The van der Waals surface area contributed by atoms with E-state index in [1.54, 1.807) is 12.1 Å². The highest BCUT2D eigenvalue weighted by Crippen LogP contribution is 2.15. The van der Waals surface area contributed by atoms with Crippen LogP contribution in [0.2, 0.25) is 0 Å². The van der Waals surface area contributed by atoms with E-state index in [0.29, 0.717) is 13.0 Å². The largest absolute Gasteiger partial charge is 0.508 e. The Morgan fingerprint density at radius 1 is 0.714 bits per heavy atom. The van der Waals surface area contributed by atoms with Crippen LogP contribution in [0.4, 0.5) is 0 Å². The zero-order valence-electron chi connectivity index (χ0n) is 23.0. The van der Waals surface area contributed by atoms with Gasteiger partial charge in [-0.3, -0.25) is 4.79 Å². The van der Waals surface area contributed by atoms with E-state index in [2.05, 4.69) is 12.2 Å². The molecule has 1 aromatic carbocycles. The van der Waals surface area contributed by atoms with Crippen LogP contribution in [-0.2, 0) is 16.0 Å². The van der Waals surface area contributed by atoms with Crippen LogP contribution in [0.15, 0.2) is 24.3 Å². The SMILES string of the molecule is CCCCCCCCCCCCCCCCCCCCN[C@@H](Cc1ccc(O)cc1)C(=O)OCC. The second kappa shape index (κ2) is 22.9. The number of nitrogens with one attached hydrogen (secondary N) is 1. The molecule has 0 saturated carbocycles. The topological polar surface area (TPSA) is 58.6 Å². The first-order chi connectivity index (χ1) is 17.2. The first-order valence-corrected chi connectivity index (χ1v) is 14.8. The molecule has 0 unspecified atom stereocenters. The maximum atomic E-state index is 12.3. The first kappa shape index (κ1) is 31.5. The molecule has 0 radical (unpaired) electrons. The van der Waals surface area contributed by atoms with Crippen LogP contribution in [0, 0.1) is 0 Å². The standard InChI is InChI=1S/C31H55NO3/c1-3-5-6-7-8-9-10-11-12-13-14-15-16-17-18-19-20-21-26-32-30(31(34)35-4-2)27-28-22-24-29(33)25-23-28/h22-25,30,32-33H,3-21,26-27H2,1-2H3/t30-/m0/s1. The fraction of sp³-hybridized carbons (Fsp3) is 0.774. The van der Waals surface area contributed by atoms with Gasteiger partial charge >= 0.3 is 5.97 Å². The summed E-state index contributed by atoms with van der Waals surface area (Å²) in [6.45, 7) is 5.35. The lowest BCUT2D eigenvalue weighted by molar-refractivity contribution is -0.145. The number of unbranched alkanes of at least 4 members (excludes halogenated alkanes) is 17. The van der Waals surface area contributed by atoms with Gasteiger partial charge in [-0.25, -0.2) is 0 Å². The lowest BCUT2D eigenvalue weighted by atomic mass is 10.0. The summed E-state index contributed by atoms with van der Waals surface area (Å²) in [6, 6.07) is 6.72. The van der Waals surface area contributed by atoms with Crippen molar-refractivity contribution in [3.05, 3.63) is 29.8 Å². The Bertz CT molecular complexity index is 602. The Kier molecular flexibility index (Phi) is 20.6. The molecule has 0 aliphatic heterocycles. The van der Waals surface area contributed by atoms with Crippen LogP contribution >= 0.6 is 0 Å². The minimum atomic E-state index is -0.328. The molecule has 0 aliphatic carbocycles. The molecule has 202 valence electrons. The molecule has 35 heavy (non-hydrogen) atoms. The van der Waals surface area contributed by atoms with E-state index in [0.717, 1.165) is 18.5 Å². The van der Waals surface area contributed by atoms with E-state index >= 15 is 0 Å². The molecule has 0 aromatic heterocycles. The fourth-order valence-electron chi connectivity index (χ4n) is 4.65. The number of phenols is 1. The number of rotatable bonds is 24. The van der Waals surface area contributed by atoms with Crippen molar-refractivity contribution >= 4 is 5.97 Å². The van der Waals surface area contributed by atoms with Crippen molar-refractivity contribution in [1.29, 1.82) is 0 Å². The maximum absolute atomic E-state index is 12.3. The molecule has 4 nitrogen and oxygen atoms in total. The van der Waals surface area contributed by atoms with Gasteiger partial charge in [0.05, 0.1) is 6.61 Å². The zero-order chi connectivity index (χ0) is 25.4. The van der Waals surface area contributed by atoms with Gasteiger partial charge in [-0.2, -0.15) is 0 Å². The zero-order valence-corrected chi connectivity index (χ0v) is 23.0. The number of ether oxygens (including phenoxy) is 1. The van der Waals surface area contributed by atoms with E-state index in [9.17, 15) is 9.90 Å². The third-order valence-electron chi connectivity index (χ3n) is 6.87. The van der Waals surface area contributed by atoms with E-state index in [-0.39, 0.29) is 17.8 Å². The summed E-state index contributed by atoms with van der Waals surface area (Å²) in [6.07, 6.45) is 25.3.